The van der Waals surface area contributed by atoms with E-state index < -0.39 is 12.5 Å². The molecule has 4 rings (SSSR count). The monoisotopic (exact) mass is 488 g/mol. The number of amides is 2. The van der Waals surface area contributed by atoms with Crippen LogP contribution in [0.3, 0.4) is 0 Å². The average molecular weight is 488 g/mol. The molecule has 0 bridgehead atoms. The van der Waals surface area contributed by atoms with E-state index in [1.54, 1.807) is 11.0 Å². The lowest BCUT2D eigenvalue weighted by atomic mass is 10.0. The van der Waals surface area contributed by atoms with Crippen molar-refractivity contribution in [2.24, 2.45) is 0 Å². The summed E-state index contributed by atoms with van der Waals surface area (Å²) in [5, 5.41) is 19.6. The molecule has 2 aromatic rings. The molecule has 1 saturated carbocycles. The number of benzene rings is 1. The minimum absolute atomic E-state index is 0.0262. The number of aldehydes is 1. The predicted molar refractivity (Wildman–Crippen MR) is 122 cm³/mol. The fourth-order valence-corrected chi connectivity index (χ4v) is 4.17. The van der Waals surface area contributed by atoms with Gasteiger partial charge in [-0.15, -0.1) is 0 Å². The number of anilines is 1. The van der Waals surface area contributed by atoms with E-state index in [0.717, 1.165) is 18.5 Å². The Bertz CT molecular complexity index is 1070. The summed E-state index contributed by atoms with van der Waals surface area (Å²) in [6.45, 7) is 1.72. The normalized spacial score (nSPS) is 19.7. The Morgan fingerprint density at radius 3 is 2.83 bits per heavy atom. The summed E-state index contributed by atoms with van der Waals surface area (Å²) in [6.07, 6.45) is 2.21. The van der Waals surface area contributed by atoms with E-state index in [0.29, 0.717) is 44.8 Å². The Balaban J connectivity index is 1.27. The molecule has 2 fully saturated rings. The van der Waals surface area contributed by atoms with Crippen LogP contribution < -0.4 is 14.8 Å². The first-order valence-electron chi connectivity index (χ1n) is 11.3. The summed E-state index contributed by atoms with van der Waals surface area (Å²) in [5.74, 6) is -0.0410. The lowest BCUT2D eigenvalue weighted by Gasteiger charge is -2.27. The van der Waals surface area contributed by atoms with E-state index in [1.165, 1.54) is 19.2 Å². The molecular weight excluding hydrogens is 460 g/mol. The Morgan fingerprint density at radius 2 is 2.09 bits per heavy atom. The van der Waals surface area contributed by atoms with E-state index in [-0.39, 0.29) is 40.9 Å². The van der Waals surface area contributed by atoms with Crippen LogP contribution in [0.15, 0.2) is 18.2 Å². The summed E-state index contributed by atoms with van der Waals surface area (Å²) in [4.78, 5) is 37.6. The molecule has 2 heterocycles. The van der Waals surface area contributed by atoms with Crippen LogP contribution in [0.1, 0.15) is 41.2 Å². The van der Waals surface area contributed by atoms with Gasteiger partial charge in [-0.1, -0.05) is 0 Å². The zero-order chi connectivity index (χ0) is 24.8. The maximum absolute atomic E-state index is 12.3. The quantitative estimate of drug-likeness (QED) is 0.474. The number of aromatic amines is 1. The summed E-state index contributed by atoms with van der Waals surface area (Å²) in [6, 6.07) is 4.42. The van der Waals surface area contributed by atoms with E-state index in [4.69, 9.17) is 18.9 Å². The standard InChI is InChI=1S/C23H28N4O8/c1-32-16-9-19(29)17(12-28)20(10-16)34-13-22(30)24-21-11-18(25-26-21)14-2-3-15(8-14)35-23(31)27-4-6-33-7-5-27/h9-12,14-15,29H,2-8,13H2,1H3,(H2,24,25,26,30)/t14-,15+/m0/s1. The number of H-pyrrole nitrogens is 1. The molecule has 12 nitrogen and oxygen atoms in total. The number of rotatable bonds is 8. The van der Waals surface area contributed by atoms with Gasteiger partial charge in [-0.05, 0) is 19.3 Å². The molecule has 2 aliphatic rings. The fourth-order valence-electron chi connectivity index (χ4n) is 4.17. The van der Waals surface area contributed by atoms with E-state index in [9.17, 15) is 19.5 Å². The molecule has 2 amide bonds. The largest absolute Gasteiger partial charge is 0.507 e. The SMILES string of the molecule is COc1cc(O)c(C=O)c(OCC(=O)Nc2cc([C@H]3CC[C@@H](OC(=O)N4CCOCC4)C3)[nH]n2)c1. The molecule has 0 unspecified atom stereocenters. The molecule has 1 aliphatic carbocycles. The van der Waals surface area contributed by atoms with Crippen molar-refractivity contribution < 1.29 is 38.4 Å². The highest BCUT2D eigenvalue weighted by Gasteiger charge is 2.31. The Morgan fingerprint density at radius 1 is 1.29 bits per heavy atom. The Labute approximate surface area is 201 Å². The summed E-state index contributed by atoms with van der Waals surface area (Å²) in [5.41, 5.74) is 0.762. The molecule has 35 heavy (non-hydrogen) atoms. The highest BCUT2D eigenvalue weighted by Crippen LogP contribution is 2.36. The van der Waals surface area contributed by atoms with Crippen molar-refractivity contribution in [3.8, 4) is 17.2 Å². The first-order chi connectivity index (χ1) is 17.0. The summed E-state index contributed by atoms with van der Waals surface area (Å²) in [7, 11) is 1.40. The van der Waals surface area contributed by atoms with Crippen LogP contribution >= 0.6 is 0 Å². The minimum Gasteiger partial charge on any atom is -0.507 e. The van der Waals surface area contributed by atoms with Crippen LogP contribution in [-0.2, 0) is 14.3 Å². The molecular formula is C23H28N4O8. The zero-order valence-corrected chi connectivity index (χ0v) is 19.3. The van der Waals surface area contributed by atoms with Crippen LogP contribution in [0.25, 0.3) is 0 Å². The molecule has 1 saturated heterocycles. The number of nitrogens with zero attached hydrogens (tertiary/aromatic N) is 2. The van der Waals surface area contributed by atoms with Gasteiger partial charge in [0.15, 0.2) is 18.7 Å². The zero-order valence-electron chi connectivity index (χ0n) is 19.3. The Kier molecular flexibility index (Phi) is 7.70. The van der Waals surface area contributed by atoms with Crippen molar-refractivity contribution in [3.05, 3.63) is 29.5 Å². The van der Waals surface area contributed by atoms with Crippen molar-refractivity contribution in [1.29, 1.82) is 0 Å². The number of carbonyl (C=O) groups is 3. The third-order valence-corrected chi connectivity index (χ3v) is 6.03. The number of carbonyl (C=O) groups excluding carboxylic acids is 3. The fraction of sp³-hybridized carbons (Fsp3) is 0.478. The summed E-state index contributed by atoms with van der Waals surface area (Å²) < 4.78 is 21.4. The van der Waals surface area contributed by atoms with Crippen LogP contribution in [-0.4, -0.2) is 84.6 Å². The maximum atomic E-state index is 12.3. The van der Waals surface area contributed by atoms with Gasteiger partial charge < -0.3 is 34.3 Å². The number of aromatic nitrogens is 2. The number of hydrogen-bond acceptors (Lipinski definition) is 9. The molecule has 0 radical (unpaired) electrons. The van der Waals surface area contributed by atoms with E-state index in [2.05, 4.69) is 15.5 Å². The maximum Gasteiger partial charge on any atom is 0.410 e. The van der Waals surface area contributed by atoms with Gasteiger partial charge in [0, 0.05) is 42.9 Å². The topological polar surface area (TPSA) is 152 Å². The molecule has 2 atom stereocenters. The average Bonchev–Trinajstić information content (AvgIpc) is 3.52. The van der Waals surface area contributed by atoms with Crippen molar-refractivity contribution in [2.75, 3.05) is 45.3 Å². The summed E-state index contributed by atoms with van der Waals surface area (Å²) >= 11 is 0. The number of aromatic hydroxyl groups is 1. The number of phenolic OH excluding ortho intramolecular Hbond substituents is 1. The van der Waals surface area contributed by atoms with Gasteiger partial charge in [-0.3, -0.25) is 14.7 Å². The number of hydrogen-bond donors (Lipinski definition) is 3. The second kappa shape index (κ2) is 11.1. The molecule has 0 spiro atoms. The number of morpholine rings is 1. The predicted octanol–water partition coefficient (Wildman–Crippen LogP) is 2.06. The first kappa shape index (κ1) is 24.3. The van der Waals surface area contributed by atoms with Gasteiger partial charge in [-0.2, -0.15) is 5.10 Å². The van der Waals surface area contributed by atoms with Gasteiger partial charge in [0.25, 0.3) is 5.91 Å². The van der Waals surface area contributed by atoms with Crippen molar-refractivity contribution in [2.45, 2.75) is 31.3 Å². The molecule has 12 heteroatoms. The number of phenols is 1. The third kappa shape index (κ3) is 6.01. The molecule has 3 N–H and O–H groups in total. The Hall–Kier alpha value is -3.80. The van der Waals surface area contributed by atoms with Gasteiger partial charge >= 0.3 is 6.09 Å². The molecule has 188 valence electrons. The lowest BCUT2D eigenvalue weighted by Crippen LogP contribution is -2.42. The molecule has 1 aliphatic heterocycles. The number of methoxy groups -OCH3 is 1. The molecule has 1 aromatic heterocycles. The van der Waals surface area contributed by atoms with Crippen molar-refractivity contribution in [1.82, 2.24) is 15.1 Å². The van der Waals surface area contributed by atoms with Gasteiger partial charge in [-0.25, -0.2) is 4.79 Å². The van der Waals surface area contributed by atoms with Gasteiger partial charge in [0.1, 0.15) is 23.4 Å². The van der Waals surface area contributed by atoms with Crippen LogP contribution in [0, 0.1) is 0 Å². The first-order valence-corrected chi connectivity index (χ1v) is 11.3. The second-order valence-electron chi connectivity index (χ2n) is 8.34. The third-order valence-electron chi connectivity index (χ3n) is 6.03. The number of nitrogens with one attached hydrogen (secondary N) is 2. The van der Waals surface area contributed by atoms with Crippen LogP contribution in [0.2, 0.25) is 0 Å². The van der Waals surface area contributed by atoms with Crippen LogP contribution in [0.5, 0.6) is 17.2 Å². The minimum atomic E-state index is -0.494. The lowest BCUT2D eigenvalue weighted by molar-refractivity contribution is -0.118. The van der Waals surface area contributed by atoms with E-state index in [1.807, 2.05) is 0 Å². The van der Waals surface area contributed by atoms with Crippen molar-refractivity contribution in [3.63, 3.8) is 0 Å². The smallest absolute Gasteiger partial charge is 0.410 e. The molecule has 1 aromatic carbocycles. The second-order valence-corrected chi connectivity index (χ2v) is 8.34. The van der Waals surface area contributed by atoms with Crippen LogP contribution in [0.4, 0.5) is 10.6 Å². The van der Waals surface area contributed by atoms with Crippen molar-refractivity contribution >= 4 is 24.1 Å². The van der Waals surface area contributed by atoms with Gasteiger partial charge in [0.2, 0.25) is 0 Å². The number of ether oxygens (including phenoxy) is 4. The highest BCUT2D eigenvalue weighted by molar-refractivity contribution is 5.91. The highest BCUT2D eigenvalue weighted by atomic mass is 16.6. The van der Waals surface area contributed by atoms with E-state index >= 15 is 0 Å². The van der Waals surface area contributed by atoms with Gasteiger partial charge in [0.05, 0.1) is 25.9 Å².